The predicted octanol–water partition coefficient (Wildman–Crippen LogP) is 3.05. The fraction of sp³-hybridized carbons (Fsp3) is 0.571. The number of sulfone groups is 1. The summed E-state index contributed by atoms with van der Waals surface area (Å²) in [6, 6.07) is 5.38. The highest BCUT2D eigenvalue weighted by atomic mass is 32.2. The van der Waals surface area contributed by atoms with E-state index in [0.717, 1.165) is 25.9 Å². The first kappa shape index (κ1) is 16.2. The highest BCUT2D eigenvalue weighted by molar-refractivity contribution is 7.91. The Kier molecular flexibility index (Phi) is 5.52. The van der Waals surface area contributed by atoms with E-state index in [1.807, 2.05) is 0 Å². The zero-order valence-electron chi connectivity index (χ0n) is 11.6. The normalized spacial score (nSPS) is 19.7. The van der Waals surface area contributed by atoms with Gasteiger partial charge in [0, 0.05) is 18.8 Å². The Morgan fingerprint density at radius 2 is 1.95 bits per heavy atom. The molecule has 0 aromatic heterocycles. The highest BCUT2D eigenvalue weighted by Gasteiger charge is 2.26. The summed E-state index contributed by atoms with van der Waals surface area (Å²) in [5, 5.41) is 3.14. The molecule has 118 valence electrons. The summed E-state index contributed by atoms with van der Waals surface area (Å²) in [4.78, 5) is -0.362. The lowest BCUT2D eigenvalue weighted by Gasteiger charge is -2.22. The van der Waals surface area contributed by atoms with Crippen molar-refractivity contribution in [3.8, 4) is 0 Å². The van der Waals surface area contributed by atoms with Gasteiger partial charge in [-0.15, -0.1) is 0 Å². The van der Waals surface area contributed by atoms with Crippen LogP contribution in [0.5, 0.6) is 0 Å². The smallest absolute Gasteiger partial charge is 0.341 e. The number of nitrogens with one attached hydrogen (secondary N) is 1. The second-order valence-electron chi connectivity index (χ2n) is 5.03. The Morgan fingerprint density at radius 1 is 1.24 bits per heavy atom. The Morgan fingerprint density at radius 3 is 2.52 bits per heavy atom. The Balaban J connectivity index is 1.85. The average molecular weight is 319 g/mol. The molecule has 0 bridgehead atoms. The average Bonchev–Trinajstić information content (AvgIpc) is 2.49. The van der Waals surface area contributed by atoms with Gasteiger partial charge in [0.1, 0.15) is 0 Å². The number of alkyl halides is 2. The van der Waals surface area contributed by atoms with Gasteiger partial charge in [0.05, 0.1) is 11.0 Å². The number of ether oxygens (including phenoxy) is 1. The first-order valence-electron chi connectivity index (χ1n) is 6.98. The molecular formula is C14H19F2NO3S. The molecule has 0 amide bonds. The standard InChI is InChI=1S/C14H19F2NO3S/c15-14(16)21(18,19)13-6-4-11(5-7-13)17-9-8-12-3-1-2-10-20-12/h4-7,12,14,17H,1-3,8-10H2. The molecule has 7 heteroatoms. The van der Waals surface area contributed by atoms with E-state index in [0.29, 0.717) is 12.2 Å². The Hall–Kier alpha value is -1.21. The monoisotopic (exact) mass is 319 g/mol. The maximum atomic E-state index is 12.4. The van der Waals surface area contributed by atoms with Gasteiger partial charge in [0.25, 0.3) is 0 Å². The number of halogens is 2. The van der Waals surface area contributed by atoms with Crippen molar-refractivity contribution in [1.82, 2.24) is 0 Å². The van der Waals surface area contributed by atoms with Crippen LogP contribution in [0.25, 0.3) is 0 Å². The van der Waals surface area contributed by atoms with Crippen LogP contribution in [-0.2, 0) is 14.6 Å². The first-order valence-corrected chi connectivity index (χ1v) is 8.52. The van der Waals surface area contributed by atoms with Gasteiger partial charge in [0.15, 0.2) is 0 Å². The first-order chi connectivity index (χ1) is 10.00. The third-order valence-electron chi connectivity index (χ3n) is 3.49. The summed E-state index contributed by atoms with van der Waals surface area (Å²) in [5.74, 6) is -3.39. The van der Waals surface area contributed by atoms with Gasteiger partial charge in [-0.25, -0.2) is 8.42 Å². The predicted molar refractivity (Wildman–Crippen MR) is 76.3 cm³/mol. The Bertz CT molecular complexity index is 540. The van der Waals surface area contributed by atoms with Crippen molar-refractivity contribution in [3.05, 3.63) is 24.3 Å². The van der Waals surface area contributed by atoms with Gasteiger partial charge < -0.3 is 10.1 Å². The molecule has 1 atom stereocenters. The van der Waals surface area contributed by atoms with Crippen LogP contribution in [0.3, 0.4) is 0 Å². The van der Waals surface area contributed by atoms with Crippen molar-refractivity contribution >= 4 is 15.5 Å². The molecule has 1 unspecified atom stereocenters. The summed E-state index contributed by atoms with van der Waals surface area (Å²) < 4.78 is 52.9. The molecule has 2 rings (SSSR count). The zero-order valence-corrected chi connectivity index (χ0v) is 12.4. The van der Waals surface area contributed by atoms with Crippen molar-refractivity contribution < 1.29 is 21.9 Å². The van der Waals surface area contributed by atoms with Gasteiger partial charge in [0.2, 0.25) is 9.84 Å². The van der Waals surface area contributed by atoms with Gasteiger partial charge in [-0.05, 0) is 49.9 Å². The van der Waals surface area contributed by atoms with Gasteiger partial charge in [-0.1, -0.05) is 0 Å². The van der Waals surface area contributed by atoms with E-state index in [-0.39, 0.29) is 11.0 Å². The highest BCUT2D eigenvalue weighted by Crippen LogP contribution is 2.21. The lowest BCUT2D eigenvalue weighted by atomic mass is 10.1. The van der Waals surface area contributed by atoms with Crippen LogP contribution in [0.2, 0.25) is 0 Å². The second kappa shape index (κ2) is 7.17. The van der Waals surface area contributed by atoms with E-state index in [1.54, 1.807) is 0 Å². The molecule has 1 aromatic rings. The van der Waals surface area contributed by atoms with E-state index in [2.05, 4.69) is 5.32 Å². The minimum atomic E-state index is -4.51. The van der Waals surface area contributed by atoms with Gasteiger partial charge in [-0.2, -0.15) is 8.78 Å². The van der Waals surface area contributed by atoms with Crippen molar-refractivity contribution in [2.75, 3.05) is 18.5 Å². The van der Waals surface area contributed by atoms with E-state index < -0.39 is 15.6 Å². The quantitative estimate of drug-likeness (QED) is 0.875. The summed E-state index contributed by atoms with van der Waals surface area (Å²) in [5.41, 5.74) is 0.707. The lowest BCUT2D eigenvalue weighted by Crippen LogP contribution is -2.22. The van der Waals surface area contributed by atoms with Crippen LogP contribution in [-0.4, -0.2) is 33.4 Å². The molecule has 0 saturated carbocycles. The molecule has 1 fully saturated rings. The topological polar surface area (TPSA) is 55.4 Å². The molecule has 0 radical (unpaired) electrons. The summed E-state index contributed by atoms with van der Waals surface area (Å²) in [6.45, 7) is 1.51. The molecule has 21 heavy (non-hydrogen) atoms. The van der Waals surface area contributed by atoms with Crippen LogP contribution in [0.1, 0.15) is 25.7 Å². The van der Waals surface area contributed by atoms with Crippen LogP contribution in [0.15, 0.2) is 29.2 Å². The number of anilines is 1. The number of hydrogen-bond acceptors (Lipinski definition) is 4. The molecule has 1 aliphatic heterocycles. The Labute approximate surface area is 123 Å². The summed E-state index contributed by atoms with van der Waals surface area (Å²) in [7, 11) is -4.51. The van der Waals surface area contributed by atoms with E-state index in [1.165, 1.54) is 30.7 Å². The van der Waals surface area contributed by atoms with Crippen molar-refractivity contribution in [2.24, 2.45) is 0 Å². The third-order valence-corrected chi connectivity index (χ3v) is 4.89. The molecule has 1 saturated heterocycles. The van der Waals surface area contributed by atoms with Crippen LogP contribution < -0.4 is 5.32 Å². The van der Waals surface area contributed by atoms with Crippen molar-refractivity contribution in [2.45, 2.75) is 42.4 Å². The molecule has 1 aromatic carbocycles. The van der Waals surface area contributed by atoms with Crippen LogP contribution >= 0.6 is 0 Å². The molecule has 0 spiro atoms. The number of hydrogen-bond donors (Lipinski definition) is 1. The maximum Gasteiger partial charge on any atom is 0.341 e. The molecule has 1 heterocycles. The molecule has 1 N–H and O–H groups in total. The molecule has 1 aliphatic rings. The zero-order chi connectivity index (χ0) is 15.3. The third kappa shape index (κ3) is 4.38. The maximum absolute atomic E-state index is 12.4. The summed E-state index contributed by atoms with van der Waals surface area (Å²) in [6.07, 6.45) is 4.50. The second-order valence-corrected chi connectivity index (χ2v) is 6.95. The number of benzene rings is 1. The van der Waals surface area contributed by atoms with E-state index >= 15 is 0 Å². The fourth-order valence-electron chi connectivity index (χ4n) is 2.28. The van der Waals surface area contributed by atoms with Gasteiger partial charge >= 0.3 is 5.76 Å². The molecular weight excluding hydrogens is 300 g/mol. The fourth-order valence-corrected chi connectivity index (χ4v) is 3.00. The van der Waals surface area contributed by atoms with Crippen LogP contribution in [0.4, 0.5) is 14.5 Å². The van der Waals surface area contributed by atoms with Crippen molar-refractivity contribution in [3.63, 3.8) is 0 Å². The number of rotatable bonds is 6. The molecule has 4 nitrogen and oxygen atoms in total. The summed E-state index contributed by atoms with van der Waals surface area (Å²) >= 11 is 0. The molecule has 0 aliphatic carbocycles. The lowest BCUT2D eigenvalue weighted by molar-refractivity contribution is 0.0134. The van der Waals surface area contributed by atoms with E-state index in [4.69, 9.17) is 4.74 Å². The van der Waals surface area contributed by atoms with Gasteiger partial charge in [-0.3, -0.25) is 0 Å². The minimum absolute atomic E-state index is 0.268. The largest absolute Gasteiger partial charge is 0.385 e. The van der Waals surface area contributed by atoms with Crippen LogP contribution in [0, 0.1) is 0 Å². The SMILES string of the molecule is O=S(=O)(c1ccc(NCCC2CCCCO2)cc1)C(F)F. The van der Waals surface area contributed by atoms with Crippen molar-refractivity contribution in [1.29, 1.82) is 0 Å². The minimum Gasteiger partial charge on any atom is -0.385 e. The van der Waals surface area contributed by atoms with E-state index in [9.17, 15) is 17.2 Å².